The largest absolute Gasteiger partial charge is 0.508 e. The molecule has 3 aromatic carbocycles. The number of phenols is 1. The maximum atomic E-state index is 13.8. The molecular formula is C43H51N3O8S. The van der Waals surface area contributed by atoms with E-state index < -0.39 is 33.1 Å². The van der Waals surface area contributed by atoms with Gasteiger partial charge in [0.25, 0.3) is 10.1 Å². The summed E-state index contributed by atoms with van der Waals surface area (Å²) in [6, 6.07) is 20.3. The number of nitrogens with two attached hydrogens (primary N) is 2. The molecular weight excluding hydrogens is 719 g/mol. The van der Waals surface area contributed by atoms with Crippen LogP contribution in [0, 0.1) is 29.6 Å². The first-order valence-electron chi connectivity index (χ1n) is 19.3. The van der Waals surface area contributed by atoms with Crippen molar-refractivity contribution in [3.05, 3.63) is 106 Å². The predicted octanol–water partition coefficient (Wildman–Crippen LogP) is 5.75. The Morgan fingerprint density at radius 3 is 2.42 bits per heavy atom. The van der Waals surface area contributed by atoms with Crippen molar-refractivity contribution < 1.29 is 37.8 Å². The van der Waals surface area contributed by atoms with Crippen molar-refractivity contribution in [2.45, 2.75) is 93.3 Å². The van der Waals surface area contributed by atoms with Gasteiger partial charge < -0.3 is 36.3 Å². The summed E-state index contributed by atoms with van der Waals surface area (Å²) < 4.78 is 52.4. The first-order chi connectivity index (χ1) is 26.4. The van der Waals surface area contributed by atoms with E-state index in [-0.39, 0.29) is 67.5 Å². The summed E-state index contributed by atoms with van der Waals surface area (Å²) in [4.78, 5) is 4.62. The second-order valence-electron chi connectivity index (χ2n) is 15.6. The lowest BCUT2D eigenvalue weighted by atomic mass is 9.65. The molecule has 0 spiro atoms. The summed E-state index contributed by atoms with van der Waals surface area (Å²) in [6.45, 7) is 1.85. The lowest BCUT2D eigenvalue weighted by Crippen LogP contribution is -2.39. The predicted molar refractivity (Wildman–Crippen MR) is 210 cm³/mol. The molecule has 55 heavy (non-hydrogen) atoms. The number of ether oxygens (including phenoxy) is 2. The highest BCUT2D eigenvalue weighted by Crippen LogP contribution is 2.54. The highest BCUT2D eigenvalue weighted by molar-refractivity contribution is 7.86. The van der Waals surface area contributed by atoms with Gasteiger partial charge in [-0.1, -0.05) is 67.3 Å². The Hall–Kier alpha value is -4.38. The summed E-state index contributed by atoms with van der Waals surface area (Å²) in [5.41, 5.74) is 15.4. The third kappa shape index (κ3) is 8.13. The number of aromatic hydroxyl groups is 1. The number of nitrogens with zero attached hydrogens (tertiary/aromatic N) is 1. The van der Waals surface area contributed by atoms with Gasteiger partial charge in [-0.25, -0.2) is 4.99 Å². The first kappa shape index (κ1) is 38.9. The van der Waals surface area contributed by atoms with Crippen molar-refractivity contribution in [1.82, 2.24) is 0 Å². The van der Waals surface area contributed by atoms with Crippen molar-refractivity contribution in [2.75, 3.05) is 13.2 Å². The Morgan fingerprint density at radius 1 is 1.00 bits per heavy atom. The first-order valence-corrected chi connectivity index (χ1v) is 20.8. The van der Waals surface area contributed by atoms with Gasteiger partial charge in [0, 0.05) is 48.7 Å². The van der Waals surface area contributed by atoms with Crippen LogP contribution in [0.1, 0.15) is 104 Å². The zero-order valence-corrected chi connectivity index (χ0v) is 31.9. The van der Waals surface area contributed by atoms with E-state index in [2.05, 4.69) is 16.8 Å². The minimum atomic E-state index is -4.60. The molecule has 8 N–H and O–H groups in total. The number of allylic oxidation sites excluding steroid dienone is 1. The topological polar surface area (TPSA) is 198 Å². The van der Waals surface area contributed by atoms with Gasteiger partial charge in [0.05, 0.1) is 11.4 Å². The van der Waals surface area contributed by atoms with Gasteiger partial charge in [0.2, 0.25) is 5.72 Å². The molecule has 10 rings (SSSR count). The molecule has 0 aromatic heterocycles. The third-order valence-corrected chi connectivity index (χ3v) is 13.3. The summed E-state index contributed by atoms with van der Waals surface area (Å²) in [5.74, 6) is 5.40. The van der Waals surface area contributed by atoms with Crippen LogP contribution in [0.5, 0.6) is 11.5 Å². The highest BCUT2D eigenvalue weighted by Gasteiger charge is 2.48. The van der Waals surface area contributed by atoms with Crippen LogP contribution in [0.4, 0.5) is 0 Å². The Balaban J connectivity index is 1.45. The van der Waals surface area contributed by atoms with E-state index in [9.17, 15) is 28.3 Å². The van der Waals surface area contributed by atoms with E-state index in [1.165, 1.54) is 0 Å². The summed E-state index contributed by atoms with van der Waals surface area (Å²) in [5, 5.41) is 29.6. The molecule has 0 amide bonds. The van der Waals surface area contributed by atoms with Crippen LogP contribution in [0.25, 0.3) is 0 Å². The third-order valence-electron chi connectivity index (χ3n) is 12.0. The number of aliphatic hydroxyl groups is 2. The average molecular weight is 770 g/mol. The monoisotopic (exact) mass is 769 g/mol. The van der Waals surface area contributed by atoms with E-state index in [4.69, 9.17) is 20.9 Å². The van der Waals surface area contributed by atoms with Gasteiger partial charge in [0.15, 0.2) is 5.96 Å². The van der Waals surface area contributed by atoms with Crippen LogP contribution in [0.3, 0.4) is 0 Å². The van der Waals surface area contributed by atoms with Crippen LogP contribution in [0.2, 0.25) is 0 Å². The molecule has 1 aliphatic carbocycles. The molecule has 11 nitrogen and oxygen atoms in total. The van der Waals surface area contributed by atoms with Gasteiger partial charge in [-0.05, 0) is 103 Å². The Labute approximate surface area is 323 Å². The number of phenolic OH excluding ortho intramolecular Hbond substituents is 1. The fourth-order valence-corrected chi connectivity index (χ4v) is 10.6. The fraction of sp³-hybridized carbons (Fsp3) is 0.465. The lowest BCUT2D eigenvalue weighted by molar-refractivity contribution is -0.0131. The minimum absolute atomic E-state index is 0.0625. The fourth-order valence-electron chi connectivity index (χ4n) is 9.47. The molecule has 0 radical (unpaired) electrons. The molecule has 6 heterocycles. The second kappa shape index (κ2) is 16.0. The van der Waals surface area contributed by atoms with Gasteiger partial charge in [-0.15, -0.1) is 0 Å². The lowest BCUT2D eigenvalue weighted by Gasteiger charge is -2.41. The summed E-state index contributed by atoms with van der Waals surface area (Å²) >= 11 is 0. The number of aliphatic hydroxyl groups excluding tert-OH is 2. The average Bonchev–Trinajstić information content (AvgIpc) is 3.29. The summed E-state index contributed by atoms with van der Waals surface area (Å²) in [6.07, 6.45) is 4.82. The minimum Gasteiger partial charge on any atom is -0.508 e. The van der Waals surface area contributed by atoms with E-state index in [0.717, 1.165) is 22.3 Å². The van der Waals surface area contributed by atoms with E-state index in [1.807, 2.05) is 67.6 Å². The zero-order chi connectivity index (χ0) is 38.9. The maximum Gasteiger partial charge on any atom is 0.268 e. The van der Waals surface area contributed by atoms with Gasteiger partial charge in [-0.3, -0.25) is 4.55 Å². The van der Waals surface area contributed by atoms with E-state index in [0.29, 0.717) is 55.4 Å². The zero-order valence-electron chi connectivity index (χ0n) is 31.1. The van der Waals surface area contributed by atoms with Crippen molar-refractivity contribution in [3.8, 4) is 23.3 Å². The van der Waals surface area contributed by atoms with Crippen LogP contribution < -0.4 is 16.2 Å². The molecule has 292 valence electrons. The molecule has 8 bridgehead atoms. The molecule has 7 aliphatic rings. The molecule has 1 fully saturated rings. The second-order valence-corrected chi connectivity index (χ2v) is 17.2. The highest BCUT2D eigenvalue weighted by atomic mass is 32.2. The molecule has 12 heteroatoms. The van der Waals surface area contributed by atoms with Gasteiger partial charge in [0.1, 0.15) is 17.6 Å². The van der Waals surface area contributed by atoms with E-state index >= 15 is 0 Å². The van der Waals surface area contributed by atoms with Crippen molar-refractivity contribution in [3.63, 3.8) is 0 Å². The van der Waals surface area contributed by atoms with Crippen LogP contribution in [0.15, 0.2) is 83.4 Å². The van der Waals surface area contributed by atoms with Crippen molar-refractivity contribution in [1.29, 1.82) is 0 Å². The van der Waals surface area contributed by atoms with Gasteiger partial charge >= 0.3 is 0 Å². The van der Waals surface area contributed by atoms with Gasteiger partial charge in [-0.2, -0.15) is 8.42 Å². The number of benzene rings is 3. The van der Waals surface area contributed by atoms with Crippen molar-refractivity contribution in [2.24, 2.45) is 34.2 Å². The SMILES string of the molecule is CCC1CC(S(=O)(=O)O)C2C=C3CC(CC4CC(CO)CC#Cc5cc(O)ccc5C3O4)C2c2ccc(cc2)C(CCCO)(N=C(N)N)Oc2ccc1cc2. The van der Waals surface area contributed by atoms with Crippen molar-refractivity contribution >= 4 is 16.1 Å². The smallest absolute Gasteiger partial charge is 0.268 e. The standard InChI is InChI=1S/C43H51N3O8S/c1-2-27-24-39(55(50,51)52)38-23-32-20-31(22-36-19-26(25-48)5-3-6-30-21-34(49)13-16-37(30)41(32)53-36)40(38)29-7-11-33(12-8-29)43(17-4-18-47,46-42(44)45)54-35-14-9-28(27)10-15-35/h7-16,21,23,26-27,31,36,38-41,47-49H,2,4-5,17-20,22,24-25H2,1H3,(H4,44,45,46)(H,50,51,52). The number of rotatable bonds is 7. The number of hydrogen-bond donors (Lipinski definition) is 6. The summed E-state index contributed by atoms with van der Waals surface area (Å²) in [7, 11) is -4.60. The van der Waals surface area contributed by atoms with Crippen LogP contribution in [-0.2, 0) is 20.6 Å². The number of fused-ring (bicyclic) bond motifs is 7. The molecule has 9 atom stereocenters. The Bertz CT molecular complexity index is 2090. The number of aliphatic imine (C=N–C) groups is 1. The Kier molecular flexibility index (Phi) is 11.3. The van der Waals surface area contributed by atoms with Crippen LogP contribution >= 0.6 is 0 Å². The van der Waals surface area contributed by atoms with E-state index in [1.54, 1.807) is 12.1 Å². The molecule has 3 aromatic rings. The maximum absolute atomic E-state index is 13.8. The quantitative estimate of drug-likeness (QED) is 0.0566. The van der Waals surface area contributed by atoms with Crippen LogP contribution in [-0.4, -0.2) is 58.8 Å². The normalized spacial score (nSPS) is 30.1. The number of hydrogen-bond acceptors (Lipinski definition) is 8. The molecule has 9 unspecified atom stereocenters. The molecule has 0 saturated carbocycles. The molecule has 6 aliphatic heterocycles. The number of guanidine groups is 1. The Morgan fingerprint density at radius 2 is 1.75 bits per heavy atom. The molecule has 1 saturated heterocycles.